The molecule has 0 saturated heterocycles. The maximum Gasteiger partial charge on any atom is 0.305 e. The molecule has 1 aliphatic heterocycles. The van der Waals surface area contributed by atoms with Crippen LogP contribution in [0, 0.1) is 0 Å². The molecular weight excluding hydrogens is 364 g/mol. The number of hydrogen-bond acceptors (Lipinski definition) is 6. The molecule has 28 heavy (non-hydrogen) atoms. The highest BCUT2D eigenvalue weighted by Crippen LogP contribution is 2.40. The van der Waals surface area contributed by atoms with E-state index in [2.05, 4.69) is 5.16 Å². The minimum absolute atomic E-state index is 0.114. The van der Waals surface area contributed by atoms with Gasteiger partial charge in [-0.3, -0.25) is 9.59 Å². The van der Waals surface area contributed by atoms with Crippen molar-refractivity contribution in [2.24, 2.45) is 0 Å². The highest BCUT2D eigenvalue weighted by atomic mass is 16.5. The Balaban J connectivity index is 2.00. The molecule has 1 atom stereocenters. The summed E-state index contributed by atoms with van der Waals surface area (Å²) < 4.78 is 15.9. The van der Waals surface area contributed by atoms with Crippen LogP contribution in [0.5, 0.6) is 11.5 Å². The Bertz CT molecular complexity index is 889. The van der Waals surface area contributed by atoms with Gasteiger partial charge in [0.2, 0.25) is 5.76 Å². The third-order valence-corrected chi connectivity index (χ3v) is 4.96. The molecule has 3 rings (SSSR count). The van der Waals surface area contributed by atoms with Crippen LogP contribution >= 0.6 is 0 Å². The highest BCUT2D eigenvalue weighted by Gasteiger charge is 2.35. The molecule has 0 bridgehead atoms. The van der Waals surface area contributed by atoms with Crippen LogP contribution in [0.3, 0.4) is 0 Å². The molecule has 1 aliphatic rings. The van der Waals surface area contributed by atoms with E-state index in [1.165, 1.54) is 12.0 Å². The molecule has 0 aliphatic carbocycles. The minimum atomic E-state index is -0.995. The Hall–Kier alpha value is -3.03. The monoisotopic (exact) mass is 388 g/mol. The van der Waals surface area contributed by atoms with Crippen molar-refractivity contribution in [3.05, 3.63) is 40.8 Å². The normalized spacial score (nSPS) is 16.0. The molecule has 1 N–H and O–H groups in total. The van der Waals surface area contributed by atoms with Crippen LogP contribution in [0.2, 0.25) is 0 Å². The lowest BCUT2D eigenvalue weighted by Crippen LogP contribution is -2.41. The summed E-state index contributed by atoms with van der Waals surface area (Å²) >= 11 is 0. The van der Waals surface area contributed by atoms with Gasteiger partial charge in [-0.25, -0.2) is 0 Å². The lowest BCUT2D eigenvalue weighted by Gasteiger charge is -2.36. The maximum atomic E-state index is 13.1. The van der Waals surface area contributed by atoms with Crippen molar-refractivity contribution < 1.29 is 28.7 Å². The largest absolute Gasteiger partial charge is 0.493 e. The zero-order valence-corrected chi connectivity index (χ0v) is 16.4. The summed E-state index contributed by atoms with van der Waals surface area (Å²) in [6, 6.07) is 4.58. The summed E-state index contributed by atoms with van der Waals surface area (Å²) in [5, 5.41) is 13.4. The first-order valence-electron chi connectivity index (χ1n) is 9.09. The van der Waals surface area contributed by atoms with Crippen LogP contribution in [0.4, 0.5) is 0 Å². The highest BCUT2D eigenvalue weighted by molar-refractivity contribution is 5.92. The van der Waals surface area contributed by atoms with Gasteiger partial charge in [0.1, 0.15) is 0 Å². The number of hydrogen-bond donors (Lipinski definition) is 1. The van der Waals surface area contributed by atoms with Gasteiger partial charge in [-0.15, -0.1) is 0 Å². The standard InChI is InChI=1S/C20H24N2O6/c1-11(2)14-9-18(28-21-14)20(25)22-6-5-12-7-16(26-3)17(27-4)8-13(12)15(22)10-19(23)24/h7-9,11,15H,5-6,10H2,1-4H3,(H,23,24). The molecule has 0 spiro atoms. The molecule has 1 aromatic carbocycles. The van der Waals surface area contributed by atoms with Gasteiger partial charge >= 0.3 is 5.97 Å². The van der Waals surface area contributed by atoms with Crippen molar-refractivity contribution in [2.45, 2.75) is 38.6 Å². The fourth-order valence-electron chi connectivity index (χ4n) is 3.46. The van der Waals surface area contributed by atoms with E-state index in [9.17, 15) is 14.7 Å². The van der Waals surface area contributed by atoms with Crippen LogP contribution in [-0.4, -0.2) is 47.8 Å². The van der Waals surface area contributed by atoms with Crippen LogP contribution in [0.25, 0.3) is 0 Å². The quantitative estimate of drug-likeness (QED) is 0.811. The number of carboxylic acid groups (broad SMARTS) is 1. The molecule has 1 amide bonds. The fourth-order valence-corrected chi connectivity index (χ4v) is 3.46. The van der Waals surface area contributed by atoms with Gasteiger partial charge in [0.15, 0.2) is 11.5 Å². The van der Waals surface area contributed by atoms with Gasteiger partial charge in [-0.05, 0) is 35.6 Å². The second kappa shape index (κ2) is 7.92. The van der Waals surface area contributed by atoms with Gasteiger partial charge < -0.3 is 24.0 Å². The summed E-state index contributed by atoms with van der Waals surface area (Å²) in [4.78, 5) is 26.1. The van der Waals surface area contributed by atoms with Crippen molar-refractivity contribution >= 4 is 11.9 Å². The van der Waals surface area contributed by atoms with E-state index in [0.717, 1.165) is 11.1 Å². The number of nitrogens with zero attached hydrogens (tertiary/aromatic N) is 2. The number of fused-ring (bicyclic) bond motifs is 1. The summed E-state index contributed by atoms with van der Waals surface area (Å²) in [5.41, 5.74) is 2.36. The third kappa shape index (κ3) is 3.67. The molecule has 8 nitrogen and oxygen atoms in total. The van der Waals surface area contributed by atoms with Crippen molar-refractivity contribution in [1.29, 1.82) is 0 Å². The van der Waals surface area contributed by atoms with Crippen molar-refractivity contribution in [3.8, 4) is 11.5 Å². The predicted octanol–water partition coefficient (Wildman–Crippen LogP) is 3.03. The van der Waals surface area contributed by atoms with Crippen LogP contribution in [0.1, 0.15) is 59.6 Å². The number of aromatic nitrogens is 1. The Morgan fingerprint density at radius 1 is 1.25 bits per heavy atom. The van der Waals surface area contributed by atoms with Crippen LogP contribution in [0.15, 0.2) is 22.7 Å². The van der Waals surface area contributed by atoms with Gasteiger partial charge in [0, 0.05) is 12.6 Å². The lowest BCUT2D eigenvalue weighted by molar-refractivity contribution is -0.138. The van der Waals surface area contributed by atoms with E-state index in [4.69, 9.17) is 14.0 Å². The molecule has 2 heterocycles. The van der Waals surface area contributed by atoms with Gasteiger partial charge in [-0.1, -0.05) is 19.0 Å². The van der Waals surface area contributed by atoms with Gasteiger partial charge in [0.05, 0.1) is 32.4 Å². The molecule has 0 radical (unpaired) electrons. The van der Waals surface area contributed by atoms with Gasteiger partial charge in [0.25, 0.3) is 5.91 Å². The fraction of sp³-hybridized carbons (Fsp3) is 0.450. The molecule has 150 valence electrons. The van der Waals surface area contributed by atoms with E-state index in [-0.39, 0.29) is 24.0 Å². The molecule has 1 unspecified atom stereocenters. The number of rotatable bonds is 6. The maximum absolute atomic E-state index is 13.1. The van der Waals surface area contributed by atoms with E-state index >= 15 is 0 Å². The number of carbonyl (C=O) groups excluding carboxylic acids is 1. The Labute approximate surface area is 163 Å². The number of aliphatic carboxylic acids is 1. The number of methoxy groups -OCH3 is 2. The Morgan fingerprint density at radius 2 is 1.93 bits per heavy atom. The Kier molecular flexibility index (Phi) is 5.58. The zero-order chi connectivity index (χ0) is 20.4. The van der Waals surface area contributed by atoms with E-state index in [1.807, 2.05) is 19.9 Å². The summed E-state index contributed by atoms with van der Waals surface area (Å²) in [5.74, 6) is -0.0569. The van der Waals surface area contributed by atoms with Crippen molar-refractivity contribution in [3.63, 3.8) is 0 Å². The second-order valence-electron chi connectivity index (χ2n) is 7.04. The first-order valence-corrected chi connectivity index (χ1v) is 9.09. The molecule has 8 heteroatoms. The summed E-state index contributed by atoms with van der Waals surface area (Å²) in [6.07, 6.45) is 0.349. The van der Waals surface area contributed by atoms with Gasteiger partial charge in [-0.2, -0.15) is 0 Å². The second-order valence-corrected chi connectivity index (χ2v) is 7.04. The Morgan fingerprint density at radius 3 is 2.50 bits per heavy atom. The molecule has 0 saturated carbocycles. The van der Waals surface area contributed by atoms with Crippen molar-refractivity contribution in [1.82, 2.24) is 10.1 Å². The SMILES string of the molecule is COc1cc2c(cc1OC)C(CC(=O)O)N(C(=O)c1cc(C(C)C)no1)CC2. The zero-order valence-electron chi connectivity index (χ0n) is 16.4. The molecule has 2 aromatic rings. The number of carboxylic acids is 1. The molecular formula is C20H24N2O6. The number of ether oxygens (including phenoxy) is 2. The van der Waals surface area contributed by atoms with E-state index in [0.29, 0.717) is 30.2 Å². The van der Waals surface area contributed by atoms with Crippen molar-refractivity contribution in [2.75, 3.05) is 20.8 Å². The van der Waals surface area contributed by atoms with Crippen LogP contribution < -0.4 is 9.47 Å². The smallest absolute Gasteiger partial charge is 0.305 e. The van der Waals surface area contributed by atoms with Crippen LogP contribution in [-0.2, 0) is 11.2 Å². The topological polar surface area (TPSA) is 102 Å². The number of amides is 1. The third-order valence-electron chi connectivity index (χ3n) is 4.96. The number of carbonyl (C=O) groups is 2. The summed E-state index contributed by atoms with van der Waals surface area (Å²) in [6.45, 7) is 4.28. The summed E-state index contributed by atoms with van der Waals surface area (Å²) in [7, 11) is 3.07. The predicted molar refractivity (Wildman–Crippen MR) is 99.9 cm³/mol. The average molecular weight is 388 g/mol. The average Bonchev–Trinajstić information content (AvgIpc) is 3.16. The van der Waals surface area contributed by atoms with E-state index in [1.54, 1.807) is 19.2 Å². The number of benzene rings is 1. The first kappa shape index (κ1) is 19.7. The lowest BCUT2D eigenvalue weighted by atomic mass is 9.89. The van der Waals surface area contributed by atoms with E-state index < -0.39 is 12.0 Å². The molecule has 1 aromatic heterocycles. The molecule has 0 fully saturated rings. The first-order chi connectivity index (χ1) is 13.3. The minimum Gasteiger partial charge on any atom is -0.493 e.